The molecule has 18 heteroatoms. The molecular weight excluding hydrogens is 532 g/mol. The van der Waals surface area contributed by atoms with Crippen LogP contribution in [0.4, 0.5) is 10.9 Å². The van der Waals surface area contributed by atoms with Gasteiger partial charge in [-0.2, -0.15) is 9.36 Å². The van der Waals surface area contributed by atoms with Crippen molar-refractivity contribution in [1.82, 2.24) is 24.6 Å². The highest BCUT2D eigenvalue weighted by atomic mass is 32.2. The molecule has 190 valence electrons. The molecule has 0 aliphatic carbocycles. The van der Waals surface area contributed by atoms with E-state index in [1.807, 2.05) is 0 Å². The summed E-state index contributed by atoms with van der Waals surface area (Å²) in [5.41, 5.74) is 11.4. The van der Waals surface area contributed by atoms with Gasteiger partial charge in [0.25, 0.3) is 11.8 Å². The van der Waals surface area contributed by atoms with Crippen LogP contribution in [0.2, 0.25) is 0 Å². The zero-order chi connectivity index (χ0) is 26.0. The van der Waals surface area contributed by atoms with Gasteiger partial charge in [0, 0.05) is 29.1 Å². The Balaban J connectivity index is 1.50. The number of thioether (sulfide) groups is 2. The molecular formula is C18H21N10O5S3+. The van der Waals surface area contributed by atoms with Crippen LogP contribution in [0.15, 0.2) is 33.8 Å². The Morgan fingerprint density at radius 2 is 2.19 bits per heavy atom. The molecule has 1 fully saturated rings. The van der Waals surface area contributed by atoms with E-state index in [-0.39, 0.29) is 40.5 Å². The van der Waals surface area contributed by atoms with Crippen molar-refractivity contribution in [2.75, 3.05) is 35.4 Å². The van der Waals surface area contributed by atoms with Crippen LogP contribution in [0.1, 0.15) is 12.7 Å². The molecule has 8 N–H and O–H groups in total. The predicted octanol–water partition coefficient (Wildman–Crippen LogP) is -1.63. The number of hydrogen-bond acceptors (Lipinski definition) is 14. The highest BCUT2D eigenvalue weighted by molar-refractivity contribution is 8.01. The van der Waals surface area contributed by atoms with Gasteiger partial charge in [0.15, 0.2) is 5.13 Å². The maximum Gasteiger partial charge on any atom is 0.384 e. The first kappa shape index (κ1) is 25.5. The third-order valence-corrected chi connectivity index (χ3v) is 7.85. The number of hydrogen-bond donors (Lipinski definition) is 5. The zero-order valence-electron chi connectivity index (χ0n) is 18.7. The number of anilines is 2. The Labute approximate surface area is 216 Å². The van der Waals surface area contributed by atoms with Gasteiger partial charge in [0.1, 0.15) is 29.9 Å². The minimum absolute atomic E-state index is 0.0406. The summed E-state index contributed by atoms with van der Waals surface area (Å²) < 4.78 is 5.24. The van der Waals surface area contributed by atoms with Gasteiger partial charge in [0.2, 0.25) is 17.4 Å². The monoisotopic (exact) mass is 553 g/mol. The first-order valence-corrected chi connectivity index (χ1v) is 13.1. The molecule has 0 saturated carbocycles. The van der Waals surface area contributed by atoms with Crippen molar-refractivity contribution in [1.29, 1.82) is 0 Å². The van der Waals surface area contributed by atoms with Gasteiger partial charge in [0.05, 0.1) is 0 Å². The summed E-state index contributed by atoms with van der Waals surface area (Å²) in [7, 11) is 0. The topological polar surface area (TPSA) is 229 Å². The first-order chi connectivity index (χ1) is 17.2. The van der Waals surface area contributed by atoms with E-state index < -0.39 is 29.2 Å². The summed E-state index contributed by atoms with van der Waals surface area (Å²) in [6, 6.07) is 0.556. The fourth-order valence-corrected chi connectivity index (χ4v) is 6.16. The number of carbonyl (C=O) groups excluding carboxylic acids is 2. The van der Waals surface area contributed by atoms with Gasteiger partial charge in [-0.1, -0.05) is 5.16 Å². The number of nitrogens with one attached hydrogen (secondary N) is 1. The first-order valence-electron chi connectivity index (χ1n) is 10.3. The summed E-state index contributed by atoms with van der Waals surface area (Å²) in [6.07, 6.45) is 1.54. The highest BCUT2D eigenvalue weighted by Crippen LogP contribution is 2.41. The minimum atomic E-state index is -1.25. The average Bonchev–Trinajstić information content (AvgIpc) is 3.28. The number of β-lactam (4-membered cyclic amide) rings is 1. The molecule has 1 unspecified atom stereocenters. The number of nitrogens with zero attached hydrogens (tertiary/aromatic N) is 6. The number of aliphatic carboxylic acids is 1. The van der Waals surface area contributed by atoms with Gasteiger partial charge >= 0.3 is 11.1 Å². The van der Waals surface area contributed by atoms with Crippen LogP contribution in [-0.2, 0) is 19.2 Å². The largest absolute Gasteiger partial charge is 0.477 e. The van der Waals surface area contributed by atoms with E-state index >= 15 is 0 Å². The molecule has 0 aromatic carbocycles. The number of rotatable bonds is 9. The molecule has 0 radical (unpaired) electrons. The molecule has 4 rings (SSSR count). The van der Waals surface area contributed by atoms with E-state index in [0.717, 1.165) is 11.5 Å². The second-order valence-electron chi connectivity index (χ2n) is 7.26. The van der Waals surface area contributed by atoms with Crippen molar-refractivity contribution in [3.63, 3.8) is 0 Å². The lowest BCUT2D eigenvalue weighted by Crippen LogP contribution is -2.71. The molecule has 2 aromatic heterocycles. The van der Waals surface area contributed by atoms with E-state index in [1.165, 1.54) is 45.4 Å². The Morgan fingerprint density at radius 3 is 2.86 bits per heavy atom. The Hall–Kier alpha value is -3.64. The van der Waals surface area contributed by atoms with Crippen molar-refractivity contribution in [3.05, 3.63) is 29.4 Å². The number of nitrogens with two attached hydrogens (primary N) is 3. The summed E-state index contributed by atoms with van der Waals surface area (Å²) in [5, 5.41) is 16.1. The number of nitrogen functional groups attached to an aromatic ring is 3. The molecule has 36 heavy (non-hydrogen) atoms. The smallest absolute Gasteiger partial charge is 0.384 e. The third-order valence-electron chi connectivity index (χ3n) is 4.92. The van der Waals surface area contributed by atoms with Gasteiger partial charge < -0.3 is 26.7 Å². The van der Waals surface area contributed by atoms with Crippen LogP contribution < -0.4 is 27.3 Å². The molecule has 15 nitrogen and oxygen atoms in total. The van der Waals surface area contributed by atoms with Crippen molar-refractivity contribution in [3.8, 4) is 0 Å². The van der Waals surface area contributed by atoms with Crippen LogP contribution >= 0.6 is 35.1 Å². The van der Waals surface area contributed by atoms with Crippen molar-refractivity contribution < 1.29 is 29.0 Å². The summed E-state index contributed by atoms with van der Waals surface area (Å²) in [5.74, 6) is 4.03. The Kier molecular flexibility index (Phi) is 7.45. The number of amides is 2. The van der Waals surface area contributed by atoms with Crippen LogP contribution in [0.3, 0.4) is 0 Å². The predicted molar refractivity (Wildman–Crippen MR) is 132 cm³/mol. The van der Waals surface area contributed by atoms with Crippen LogP contribution in [0.25, 0.3) is 0 Å². The number of carboxylic acid groups (broad SMARTS) is 1. The molecule has 0 bridgehead atoms. The Bertz CT molecular complexity index is 1280. The number of oxime groups is 1. The molecule has 2 aliphatic rings. The van der Waals surface area contributed by atoms with Gasteiger partial charge in [-0.3, -0.25) is 20.3 Å². The second-order valence-corrected chi connectivity index (χ2v) is 10.1. The maximum atomic E-state index is 13.0. The van der Waals surface area contributed by atoms with Crippen LogP contribution in [0, 0.1) is 0 Å². The molecule has 2 aliphatic heterocycles. The number of fused-ring (bicyclic) bond motifs is 1. The highest BCUT2D eigenvalue weighted by Gasteiger charge is 2.54. The molecule has 4 heterocycles. The SMILES string of the molecule is CCO/N=C(\C(=O)NC1C(=O)N2C(C(=O)O)=C(CSc3nc(N)cc[n+]3N)CS[C@H]12)c1nsc(N)n1. The van der Waals surface area contributed by atoms with Gasteiger partial charge in [-0.15, -0.1) is 16.4 Å². The number of carboxylic acids is 1. The van der Waals surface area contributed by atoms with Crippen LogP contribution in [0.5, 0.6) is 0 Å². The second kappa shape index (κ2) is 10.5. The average molecular weight is 554 g/mol. The molecule has 2 atom stereocenters. The zero-order valence-corrected chi connectivity index (χ0v) is 21.1. The third kappa shape index (κ3) is 5.00. The van der Waals surface area contributed by atoms with Crippen molar-refractivity contribution in [2.45, 2.75) is 23.5 Å². The van der Waals surface area contributed by atoms with E-state index in [0.29, 0.717) is 16.5 Å². The molecule has 0 spiro atoms. The lowest BCUT2D eigenvalue weighted by atomic mass is 10.0. The molecule has 2 amide bonds. The van der Waals surface area contributed by atoms with E-state index in [2.05, 4.69) is 24.8 Å². The van der Waals surface area contributed by atoms with Crippen molar-refractivity contribution in [2.24, 2.45) is 5.16 Å². The summed E-state index contributed by atoms with van der Waals surface area (Å²) in [4.78, 5) is 52.2. The Morgan fingerprint density at radius 1 is 1.42 bits per heavy atom. The molecule has 2 aromatic rings. The lowest BCUT2D eigenvalue weighted by Gasteiger charge is -2.49. The minimum Gasteiger partial charge on any atom is -0.477 e. The quantitative estimate of drug-likeness (QED) is 0.0447. The van der Waals surface area contributed by atoms with E-state index in [4.69, 9.17) is 22.1 Å². The molecule has 1 saturated heterocycles. The van der Waals surface area contributed by atoms with Gasteiger partial charge in [-0.05, 0) is 29.2 Å². The summed E-state index contributed by atoms with van der Waals surface area (Å²) >= 11 is 3.39. The summed E-state index contributed by atoms with van der Waals surface area (Å²) in [6.45, 7) is 1.87. The fraction of sp³-hybridized carbons (Fsp3) is 0.333. The lowest BCUT2D eigenvalue weighted by molar-refractivity contribution is -0.682. The van der Waals surface area contributed by atoms with E-state index in [9.17, 15) is 19.5 Å². The standard InChI is InChI=1S/C18H20N10O5S3/c1-2-33-25-9(12-24-17(20)36-26-12)13(29)23-10-14(30)28-11(16(31)32)7(5-34-15(10)28)6-35-18-22-8(19)3-4-27(18)21/h3-4,10,15,19H,2,5-6,21H2,1H3,(H4,20,23,24,26,29,31,32)/p+1/b25-9-/t10?,15-/m1/s1. The normalized spacial score (nSPS) is 19.5. The fourth-order valence-electron chi connectivity index (χ4n) is 3.33. The van der Waals surface area contributed by atoms with Crippen molar-refractivity contribution >= 4 is 69.5 Å². The van der Waals surface area contributed by atoms with E-state index in [1.54, 1.807) is 6.92 Å². The van der Waals surface area contributed by atoms with Gasteiger partial charge in [-0.25, -0.2) is 4.79 Å². The number of carbonyl (C=O) groups is 3. The number of aromatic nitrogens is 4. The van der Waals surface area contributed by atoms with Crippen LogP contribution in [-0.4, -0.2) is 77.4 Å². The maximum absolute atomic E-state index is 13.0.